The van der Waals surface area contributed by atoms with Gasteiger partial charge in [0.25, 0.3) is 0 Å². The minimum atomic E-state index is -0.327. The highest BCUT2D eigenvalue weighted by molar-refractivity contribution is 5.99. The Labute approximate surface area is 254 Å². The number of aliphatic imine (C=N–C) groups is 2. The van der Waals surface area contributed by atoms with Crippen LogP contribution in [0.15, 0.2) is 69.6 Å². The van der Waals surface area contributed by atoms with Gasteiger partial charge in [-0.15, -0.1) is 0 Å². The van der Waals surface area contributed by atoms with Crippen LogP contribution in [-0.4, -0.2) is 43.0 Å². The van der Waals surface area contributed by atoms with Gasteiger partial charge in [-0.05, 0) is 107 Å². The molecule has 4 rings (SSSR count). The Morgan fingerprint density at radius 2 is 1.74 bits per heavy atom. The van der Waals surface area contributed by atoms with E-state index < -0.39 is 0 Å². The number of rotatable bonds is 9. The van der Waals surface area contributed by atoms with Crippen LogP contribution < -0.4 is 5.32 Å². The van der Waals surface area contributed by atoms with Gasteiger partial charge in [-0.2, -0.15) is 0 Å². The number of hydrogen-bond donors (Lipinski definition) is 1. The molecule has 0 radical (unpaired) electrons. The Hall–Kier alpha value is -3.60. The summed E-state index contributed by atoms with van der Waals surface area (Å²) >= 11 is 0. The van der Waals surface area contributed by atoms with Gasteiger partial charge in [-0.25, -0.2) is 0 Å². The van der Waals surface area contributed by atoms with E-state index in [0.29, 0.717) is 6.54 Å². The zero-order valence-electron chi connectivity index (χ0n) is 27.9. The van der Waals surface area contributed by atoms with E-state index in [2.05, 4.69) is 126 Å². The summed E-state index contributed by atoms with van der Waals surface area (Å²) < 4.78 is 0. The van der Waals surface area contributed by atoms with E-state index in [4.69, 9.17) is 4.99 Å². The molecule has 42 heavy (non-hydrogen) atoms. The number of fused-ring (bicyclic) bond motifs is 1. The Bertz CT molecular complexity index is 1490. The quantitative estimate of drug-likeness (QED) is 0.190. The number of nitrogens with one attached hydrogen (secondary N) is 1. The molecule has 2 aromatic rings. The second kappa shape index (κ2) is 11.6. The minimum Gasteiger partial charge on any atom is -0.390 e. The topological polar surface area (TPSA) is 43.0 Å². The van der Waals surface area contributed by atoms with Crippen molar-refractivity contribution in [3.05, 3.63) is 98.5 Å². The minimum absolute atomic E-state index is 0.261. The van der Waals surface area contributed by atoms with Gasteiger partial charge < -0.3 is 15.1 Å². The SMILES string of the molecule is C=N/C(C)=C(C)\C(=N/Cc1ccc2c(c1)CCC2(C)C)N(C)C(C)(C)c1cc(C)c(C(=C)N2C/C2=C(\C)NC)c(C)c1. The number of nitrogens with zero attached hydrogens (tertiary/aromatic N) is 4. The maximum absolute atomic E-state index is 5.24. The molecule has 224 valence electrons. The summed E-state index contributed by atoms with van der Waals surface area (Å²) in [6.45, 7) is 29.7. The molecule has 0 atom stereocenters. The molecule has 0 amide bonds. The van der Waals surface area contributed by atoms with E-state index in [9.17, 15) is 0 Å². The molecule has 5 nitrogen and oxygen atoms in total. The van der Waals surface area contributed by atoms with Crippen molar-refractivity contribution < 1.29 is 0 Å². The van der Waals surface area contributed by atoms with Crippen molar-refractivity contribution in [3.8, 4) is 0 Å². The van der Waals surface area contributed by atoms with E-state index in [-0.39, 0.29) is 11.0 Å². The van der Waals surface area contributed by atoms with Crippen molar-refractivity contribution in [2.45, 2.75) is 92.7 Å². The first-order chi connectivity index (χ1) is 19.6. The second-order valence-electron chi connectivity index (χ2n) is 13.3. The molecule has 1 saturated heterocycles. The van der Waals surface area contributed by atoms with E-state index in [1.165, 1.54) is 56.8 Å². The lowest BCUT2D eigenvalue weighted by atomic mass is 9.86. The first-order valence-corrected chi connectivity index (χ1v) is 15.1. The molecule has 5 heteroatoms. The molecule has 0 spiro atoms. The zero-order valence-corrected chi connectivity index (χ0v) is 27.9. The molecule has 2 aliphatic rings. The molecule has 2 aromatic carbocycles. The molecule has 0 bridgehead atoms. The van der Waals surface area contributed by atoms with E-state index in [1.54, 1.807) is 0 Å². The molecule has 1 heterocycles. The van der Waals surface area contributed by atoms with Gasteiger partial charge in [0.1, 0.15) is 5.84 Å². The van der Waals surface area contributed by atoms with Crippen LogP contribution in [0.5, 0.6) is 0 Å². The van der Waals surface area contributed by atoms with Gasteiger partial charge in [0.15, 0.2) is 0 Å². The average molecular weight is 566 g/mol. The molecular formula is C37H51N5. The predicted molar refractivity (Wildman–Crippen MR) is 181 cm³/mol. The largest absolute Gasteiger partial charge is 0.390 e. The number of allylic oxidation sites excluding steroid dienone is 2. The van der Waals surface area contributed by atoms with Crippen molar-refractivity contribution in [2.24, 2.45) is 9.98 Å². The molecular weight excluding hydrogens is 514 g/mol. The number of amidine groups is 1. The van der Waals surface area contributed by atoms with Gasteiger partial charge in [0.2, 0.25) is 0 Å². The zero-order chi connectivity index (χ0) is 31.1. The Morgan fingerprint density at radius 1 is 1.10 bits per heavy atom. The molecule has 1 N–H and O–H groups in total. The molecule has 1 fully saturated rings. The van der Waals surface area contributed by atoms with Crippen molar-refractivity contribution in [3.63, 3.8) is 0 Å². The van der Waals surface area contributed by atoms with E-state index in [1.807, 2.05) is 14.0 Å². The third kappa shape index (κ3) is 5.84. The van der Waals surface area contributed by atoms with E-state index in [0.717, 1.165) is 35.8 Å². The van der Waals surface area contributed by atoms with Gasteiger partial charge in [-0.3, -0.25) is 9.98 Å². The van der Waals surface area contributed by atoms with Crippen molar-refractivity contribution >= 4 is 18.3 Å². The maximum Gasteiger partial charge on any atom is 0.129 e. The van der Waals surface area contributed by atoms with Crippen molar-refractivity contribution in [1.82, 2.24) is 15.1 Å². The Balaban J connectivity index is 1.67. The molecule has 0 saturated carbocycles. The number of likely N-dealkylation sites (N-methyl/N-ethyl adjacent to an activating group) is 1. The Morgan fingerprint density at radius 3 is 2.33 bits per heavy atom. The Kier molecular flexibility index (Phi) is 8.64. The second-order valence-corrected chi connectivity index (χ2v) is 13.3. The fraction of sp³-hybridized carbons (Fsp3) is 0.459. The van der Waals surface area contributed by atoms with Crippen LogP contribution in [0.2, 0.25) is 0 Å². The standard InChI is InChI=1S/C37H51N5/c1-23-18-31(19-24(2)34(23)28(6)42-22-33(42)27(5)39-12)37(9,10)41(13)35(25(3)26(4)38-11)40-21-29-14-15-32-30(20-29)16-17-36(32,7)8/h14-15,18-20,39H,6,11,16-17,21-22H2,1-5,7-10,12-13H3/b26-25-,33-27-,40-35+. The maximum atomic E-state index is 5.24. The monoisotopic (exact) mass is 565 g/mol. The van der Waals surface area contributed by atoms with Crippen LogP contribution in [0, 0.1) is 13.8 Å². The summed E-state index contributed by atoms with van der Waals surface area (Å²) in [4.78, 5) is 14.1. The smallest absolute Gasteiger partial charge is 0.129 e. The summed E-state index contributed by atoms with van der Waals surface area (Å²) in [6.07, 6.45) is 2.35. The van der Waals surface area contributed by atoms with Crippen LogP contribution in [0.4, 0.5) is 0 Å². The molecule has 0 aromatic heterocycles. The highest BCUT2D eigenvalue weighted by Crippen LogP contribution is 2.40. The molecule has 0 unspecified atom stereocenters. The van der Waals surface area contributed by atoms with Crippen LogP contribution in [-0.2, 0) is 23.9 Å². The highest BCUT2D eigenvalue weighted by Gasteiger charge is 2.34. The number of benzene rings is 2. The number of hydrogen-bond acceptors (Lipinski definition) is 4. The third-order valence-corrected chi connectivity index (χ3v) is 9.79. The summed E-state index contributed by atoms with van der Waals surface area (Å²) in [7, 11) is 4.12. The fourth-order valence-electron chi connectivity index (χ4n) is 6.32. The normalized spacial score (nSPS) is 17.9. The van der Waals surface area contributed by atoms with Crippen LogP contribution in [0.1, 0.15) is 93.8 Å². The summed E-state index contributed by atoms with van der Waals surface area (Å²) in [6, 6.07) is 11.6. The first-order valence-electron chi connectivity index (χ1n) is 15.1. The van der Waals surface area contributed by atoms with Crippen molar-refractivity contribution in [2.75, 3.05) is 20.6 Å². The van der Waals surface area contributed by atoms with Crippen LogP contribution in [0.3, 0.4) is 0 Å². The van der Waals surface area contributed by atoms with Crippen LogP contribution >= 0.6 is 0 Å². The van der Waals surface area contributed by atoms with E-state index >= 15 is 0 Å². The summed E-state index contributed by atoms with van der Waals surface area (Å²) in [5.41, 5.74) is 14.6. The van der Waals surface area contributed by atoms with Gasteiger partial charge in [0.05, 0.1) is 24.3 Å². The van der Waals surface area contributed by atoms with Crippen molar-refractivity contribution in [1.29, 1.82) is 0 Å². The van der Waals surface area contributed by atoms with Gasteiger partial charge in [-0.1, -0.05) is 50.8 Å². The molecule has 1 aliphatic carbocycles. The van der Waals surface area contributed by atoms with Gasteiger partial charge >= 0.3 is 0 Å². The lowest BCUT2D eigenvalue weighted by Crippen LogP contribution is -2.43. The highest BCUT2D eigenvalue weighted by atomic mass is 15.3. The lowest BCUT2D eigenvalue weighted by Gasteiger charge is -2.39. The molecule has 1 aliphatic heterocycles. The average Bonchev–Trinajstić information content (AvgIpc) is 3.70. The number of aryl methyl sites for hydroxylation is 3. The first kappa shape index (κ1) is 31.3. The predicted octanol–water partition coefficient (Wildman–Crippen LogP) is 8.02. The third-order valence-electron chi connectivity index (χ3n) is 9.79. The van der Waals surface area contributed by atoms with Crippen LogP contribution in [0.25, 0.3) is 5.70 Å². The fourth-order valence-corrected chi connectivity index (χ4v) is 6.32. The summed E-state index contributed by atoms with van der Waals surface area (Å²) in [5, 5.41) is 3.27. The lowest BCUT2D eigenvalue weighted by molar-refractivity contribution is 0.258. The van der Waals surface area contributed by atoms with Gasteiger partial charge in [0, 0.05) is 42.3 Å². The summed E-state index contributed by atoms with van der Waals surface area (Å²) in [5.74, 6) is 0.941.